The van der Waals surface area contributed by atoms with Gasteiger partial charge in [0.1, 0.15) is 11.6 Å². The van der Waals surface area contributed by atoms with Crippen LogP contribution in [0.5, 0.6) is 5.75 Å². The van der Waals surface area contributed by atoms with Crippen LogP contribution in [0.4, 0.5) is 5.82 Å². The van der Waals surface area contributed by atoms with Crippen molar-refractivity contribution in [1.82, 2.24) is 9.88 Å². The molecule has 4 aliphatic rings. The maximum absolute atomic E-state index is 6.55. The summed E-state index contributed by atoms with van der Waals surface area (Å²) in [6.07, 6.45) is 10.1. The van der Waals surface area contributed by atoms with Gasteiger partial charge in [-0.25, -0.2) is 4.98 Å². The number of rotatable bonds is 8. The summed E-state index contributed by atoms with van der Waals surface area (Å²) in [4.78, 5) is 7.30. The average molecular weight is 482 g/mol. The third-order valence-electron chi connectivity index (χ3n) is 8.89. The Hall–Kier alpha value is -2.85. The van der Waals surface area contributed by atoms with Gasteiger partial charge < -0.3 is 15.4 Å². The van der Waals surface area contributed by atoms with E-state index < -0.39 is 0 Å². The Labute approximate surface area is 215 Å². The molecule has 0 unspecified atom stereocenters. The Kier molecular flexibility index (Phi) is 6.96. The van der Waals surface area contributed by atoms with Gasteiger partial charge in [-0.2, -0.15) is 0 Å². The molecule has 2 aromatic carbocycles. The zero-order valence-corrected chi connectivity index (χ0v) is 21.4. The Morgan fingerprint density at radius 2 is 1.56 bits per heavy atom. The summed E-state index contributed by atoms with van der Waals surface area (Å²) >= 11 is 0. The summed E-state index contributed by atoms with van der Waals surface area (Å²) in [6.45, 7) is 4.45. The van der Waals surface area contributed by atoms with Gasteiger partial charge in [0.05, 0.1) is 12.3 Å². The van der Waals surface area contributed by atoms with Crippen molar-refractivity contribution >= 4 is 5.82 Å². The number of benzene rings is 2. The monoisotopic (exact) mass is 481 g/mol. The second-order valence-corrected chi connectivity index (χ2v) is 11.1. The van der Waals surface area contributed by atoms with Crippen LogP contribution in [0.15, 0.2) is 60.7 Å². The van der Waals surface area contributed by atoms with E-state index in [0.29, 0.717) is 17.7 Å². The molecule has 188 valence electrons. The topological polar surface area (TPSA) is 51.4 Å². The van der Waals surface area contributed by atoms with Gasteiger partial charge in [0.25, 0.3) is 0 Å². The maximum Gasteiger partial charge on any atom is 0.124 e. The zero-order valence-electron chi connectivity index (χ0n) is 21.4. The Balaban J connectivity index is 1.07. The molecule has 3 aromatic rings. The van der Waals surface area contributed by atoms with Gasteiger partial charge in [0, 0.05) is 17.7 Å². The first kappa shape index (κ1) is 23.5. The number of aromatic nitrogens is 1. The predicted octanol–water partition coefficient (Wildman–Crippen LogP) is 6.81. The highest BCUT2D eigenvalue weighted by Gasteiger charge is 2.37. The minimum atomic E-state index is 0.591. The molecule has 2 heterocycles. The van der Waals surface area contributed by atoms with Gasteiger partial charge >= 0.3 is 0 Å². The van der Waals surface area contributed by atoms with Crippen molar-refractivity contribution in [2.45, 2.75) is 63.2 Å². The zero-order chi connectivity index (χ0) is 24.3. The molecule has 1 saturated heterocycles. The van der Waals surface area contributed by atoms with Crippen LogP contribution in [0.2, 0.25) is 0 Å². The van der Waals surface area contributed by atoms with Crippen LogP contribution in [0.1, 0.15) is 73.5 Å². The van der Waals surface area contributed by atoms with Crippen LogP contribution in [0.3, 0.4) is 0 Å². The summed E-state index contributed by atoms with van der Waals surface area (Å²) < 4.78 is 6.55. The Morgan fingerprint density at radius 3 is 2.31 bits per heavy atom. The van der Waals surface area contributed by atoms with E-state index in [2.05, 4.69) is 58.4 Å². The van der Waals surface area contributed by atoms with Gasteiger partial charge in [-0.05, 0) is 118 Å². The molecule has 0 atom stereocenters. The maximum atomic E-state index is 6.55. The van der Waals surface area contributed by atoms with Crippen molar-refractivity contribution in [3.05, 3.63) is 77.4 Å². The summed E-state index contributed by atoms with van der Waals surface area (Å²) in [5.41, 5.74) is 12.7. The lowest BCUT2D eigenvalue weighted by atomic mass is 9.65. The number of ether oxygens (including phenoxy) is 1. The molecule has 1 aromatic heterocycles. The van der Waals surface area contributed by atoms with Crippen LogP contribution >= 0.6 is 0 Å². The number of hydrogen-bond acceptors (Lipinski definition) is 4. The average Bonchev–Trinajstić information content (AvgIpc) is 2.94. The summed E-state index contributed by atoms with van der Waals surface area (Å²) in [6, 6.07) is 21.3. The number of pyridine rings is 1. The SMILES string of the molecule is Nc1cccc(-c2ccc(OCCC3CCN(CCc4ccccc4)CC3)c3c2C2CCC3CC2)n1. The van der Waals surface area contributed by atoms with E-state index in [1.165, 1.54) is 80.4 Å². The summed E-state index contributed by atoms with van der Waals surface area (Å²) in [5.74, 6) is 3.77. The third kappa shape index (κ3) is 5.01. The van der Waals surface area contributed by atoms with Crippen LogP contribution in [-0.2, 0) is 6.42 Å². The van der Waals surface area contributed by atoms with Crippen molar-refractivity contribution < 1.29 is 4.74 Å². The van der Waals surface area contributed by atoms with E-state index in [1.54, 1.807) is 0 Å². The van der Waals surface area contributed by atoms with Gasteiger partial charge in [0.15, 0.2) is 0 Å². The molecule has 1 saturated carbocycles. The van der Waals surface area contributed by atoms with Crippen LogP contribution in [0, 0.1) is 5.92 Å². The highest BCUT2D eigenvalue weighted by molar-refractivity contribution is 5.71. The second kappa shape index (κ2) is 10.6. The summed E-state index contributed by atoms with van der Waals surface area (Å²) in [7, 11) is 0. The van der Waals surface area contributed by atoms with Crippen LogP contribution in [0.25, 0.3) is 11.3 Å². The number of piperidine rings is 1. The van der Waals surface area contributed by atoms with E-state index in [9.17, 15) is 0 Å². The number of nitrogens with two attached hydrogens (primary N) is 1. The smallest absolute Gasteiger partial charge is 0.124 e. The number of anilines is 1. The molecule has 3 aliphatic carbocycles. The lowest BCUT2D eigenvalue weighted by Crippen LogP contribution is -2.35. The molecule has 0 radical (unpaired) electrons. The molecular formula is C32H39N3O. The fourth-order valence-electron chi connectivity index (χ4n) is 6.86. The predicted molar refractivity (Wildman–Crippen MR) is 147 cm³/mol. The number of hydrogen-bond donors (Lipinski definition) is 1. The Bertz CT molecular complexity index is 1160. The molecule has 0 spiro atoms. The van der Waals surface area contributed by atoms with Gasteiger partial charge in [-0.15, -0.1) is 0 Å². The van der Waals surface area contributed by atoms with Crippen molar-refractivity contribution in [2.24, 2.45) is 5.92 Å². The number of likely N-dealkylation sites (tertiary alicyclic amines) is 1. The van der Waals surface area contributed by atoms with E-state index in [1.807, 2.05) is 12.1 Å². The lowest BCUT2D eigenvalue weighted by molar-refractivity contribution is 0.164. The fourth-order valence-corrected chi connectivity index (χ4v) is 6.86. The standard InChI is InChI=1S/C32H39N3O/c33-30-8-4-7-28(34-30)27-13-14-29(32-26-11-9-25(10-12-26)31(27)32)36-22-18-24-16-20-35(21-17-24)19-15-23-5-2-1-3-6-23/h1-8,13-14,24-26H,9-12,15-22H2,(H2,33,34). The molecule has 7 rings (SSSR count). The molecule has 4 nitrogen and oxygen atoms in total. The molecule has 1 aliphatic heterocycles. The highest BCUT2D eigenvalue weighted by Crippen LogP contribution is 2.55. The normalized spacial score (nSPS) is 21.9. The molecule has 4 heteroatoms. The molecular weight excluding hydrogens is 442 g/mol. The minimum absolute atomic E-state index is 0.591. The minimum Gasteiger partial charge on any atom is -0.493 e. The molecule has 2 N–H and O–H groups in total. The van der Waals surface area contributed by atoms with Crippen molar-refractivity contribution in [3.63, 3.8) is 0 Å². The van der Waals surface area contributed by atoms with Gasteiger partial charge in [-0.1, -0.05) is 36.4 Å². The van der Waals surface area contributed by atoms with Crippen molar-refractivity contribution in [2.75, 3.05) is 32.0 Å². The molecule has 2 bridgehead atoms. The van der Waals surface area contributed by atoms with Crippen molar-refractivity contribution in [1.29, 1.82) is 0 Å². The summed E-state index contributed by atoms with van der Waals surface area (Å²) in [5, 5.41) is 0. The fraction of sp³-hybridized carbons (Fsp3) is 0.469. The molecule has 2 fully saturated rings. The number of nitrogens with zero attached hydrogens (tertiary/aromatic N) is 2. The molecule has 36 heavy (non-hydrogen) atoms. The second-order valence-electron chi connectivity index (χ2n) is 11.1. The van der Waals surface area contributed by atoms with E-state index >= 15 is 0 Å². The van der Waals surface area contributed by atoms with E-state index in [0.717, 1.165) is 36.8 Å². The molecule has 0 amide bonds. The lowest BCUT2D eigenvalue weighted by Gasteiger charge is -2.40. The largest absolute Gasteiger partial charge is 0.493 e. The first-order valence-electron chi connectivity index (χ1n) is 14.0. The van der Waals surface area contributed by atoms with Gasteiger partial charge in [0.2, 0.25) is 0 Å². The Morgan fingerprint density at radius 1 is 0.806 bits per heavy atom. The van der Waals surface area contributed by atoms with Crippen LogP contribution in [-0.4, -0.2) is 36.1 Å². The van der Waals surface area contributed by atoms with E-state index in [-0.39, 0.29) is 0 Å². The van der Waals surface area contributed by atoms with Crippen molar-refractivity contribution in [3.8, 4) is 17.0 Å². The first-order chi connectivity index (χ1) is 17.7. The number of fused-ring (bicyclic) bond motifs is 2. The van der Waals surface area contributed by atoms with E-state index in [4.69, 9.17) is 10.5 Å². The highest BCUT2D eigenvalue weighted by atomic mass is 16.5. The van der Waals surface area contributed by atoms with Crippen LogP contribution < -0.4 is 10.5 Å². The quantitative estimate of drug-likeness (QED) is 0.384. The first-order valence-corrected chi connectivity index (χ1v) is 14.0. The number of nitrogen functional groups attached to an aromatic ring is 1. The third-order valence-corrected chi connectivity index (χ3v) is 8.89. The van der Waals surface area contributed by atoms with Gasteiger partial charge in [-0.3, -0.25) is 0 Å².